The van der Waals surface area contributed by atoms with Crippen molar-refractivity contribution in [2.24, 2.45) is 0 Å². The molecule has 0 bridgehead atoms. The highest BCUT2D eigenvalue weighted by atomic mass is 79.9. The van der Waals surface area contributed by atoms with E-state index in [-0.39, 0.29) is 18.0 Å². The summed E-state index contributed by atoms with van der Waals surface area (Å²) in [5.41, 5.74) is 0.347. The molecule has 98 valence electrons. The third kappa shape index (κ3) is 3.29. The van der Waals surface area contributed by atoms with Gasteiger partial charge in [-0.1, -0.05) is 15.9 Å². The lowest BCUT2D eigenvalue weighted by atomic mass is 9.99. The molecule has 0 saturated carbocycles. The first kappa shape index (κ1) is 13.5. The van der Waals surface area contributed by atoms with Crippen molar-refractivity contribution in [1.29, 1.82) is 0 Å². The van der Waals surface area contributed by atoms with Gasteiger partial charge < -0.3 is 10.6 Å². The lowest BCUT2D eigenvalue weighted by Crippen LogP contribution is -2.51. The van der Waals surface area contributed by atoms with E-state index in [0.717, 1.165) is 19.4 Å². The van der Waals surface area contributed by atoms with Crippen LogP contribution in [0.4, 0.5) is 4.39 Å². The van der Waals surface area contributed by atoms with Crippen molar-refractivity contribution < 1.29 is 9.18 Å². The predicted octanol–water partition coefficient (Wildman–Crippen LogP) is 2.46. The minimum Gasteiger partial charge on any atom is -0.348 e. The van der Waals surface area contributed by atoms with Gasteiger partial charge in [-0.05, 0) is 44.5 Å². The fourth-order valence-corrected chi connectivity index (χ4v) is 2.64. The second-order valence-corrected chi connectivity index (χ2v) is 5.54. The number of halogens is 2. The zero-order chi connectivity index (χ0) is 13.1. The molecule has 1 aliphatic heterocycles. The van der Waals surface area contributed by atoms with Crippen LogP contribution in [0.3, 0.4) is 0 Å². The van der Waals surface area contributed by atoms with E-state index < -0.39 is 5.82 Å². The Morgan fingerprint density at radius 3 is 2.94 bits per heavy atom. The van der Waals surface area contributed by atoms with Gasteiger partial charge in [0.05, 0.1) is 0 Å². The summed E-state index contributed by atoms with van der Waals surface area (Å²) in [6.07, 6.45) is 2.00. The van der Waals surface area contributed by atoms with E-state index >= 15 is 0 Å². The highest BCUT2D eigenvalue weighted by Crippen LogP contribution is 2.16. The molecule has 0 spiro atoms. The molecular formula is C13H16BrFN2O. The van der Waals surface area contributed by atoms with Gasteiger partial charge in [-0.2, -0.15) is 0 Å². The van der Waals surface area contributed by atoms with Crippen LogP contribution in [0.5, 0.6) is 0 Å². The predicted molar refractivity (Wildman–Crippen MR) is 72.1 cm³/mol. The Morgan fingerprint density at radius 2 is 2.28 bits per heavy atom. The number of hydrogen-bond donors (Lipinski definition) is 2. The molecule has 5 heteroatoms. The highest BCUT2D eigenvalue weighted by molar-refractivity contribution is 9.10. The molecule has 1 aromatic carbocycles. The number of hydrogen-bond acceptors (Lipinski definition) is 2. The van der Waals surface area contributed by atoms with Crippen LogP contribution < -0.4 is 10.6 Å². The summed E-state index contributed by atoms with van der Waals surface area (Å²) < 4.78 is 13.8. The standard InChI is InChI=1S/C13H16BrFN2O/c1-8-12(3-2-4-16-8)17-13(18)9-5-10(14)7-11(15)6-9/h5-8,12,16H,2-4H2,1H3,(H,17,18). The van der Waals surface area contributed by atoms with Crippen molar-refractivity contribution in [3.8, 4) is 0 Å². The first-order valence-electron chi connectivity index (χ1n) is 6.06. The number of amides is 1. The quantitative estimate of drug-likeness (QED) is 0.880. The lowest BCUT2D eigenvalue weighted by molar-refractivity contribution is 0.0919. The number of carbonyl (C=O) groups excluding carboxylic acids is 1. The van der Waals surface area contributed by atoms with Crippen LogP contribution in [0.2, 0.25) is 0 Å². The second kappa shape index (κ2) is 5.80. The van der Waals surface area contributed by atoms with Crippen molar-refractivity contribution >= 4 is 21.8 Å². The van der Waals surface area contributed by atoms with Crippen molar-refractivity contribution in [2.45, 2.75) is 31.8 Å². The zero-order valence-corrected chi connectivity index (χ0v) is 11.8. The Balaban J connectivity index is 2.06. The maximum Gasteiger partial charge on any atom is 0.251 e. The summed E-state index contributed by atoms with van der Waals surface area (Å²) in [6.45, 7) is 3.03. The van der Waals surface area contributed by atoms with E-state index in [1.807, 2.05) is 6.92 Å². The molecule has 1 saturated heterocycles. The van der Waals surface area contributed by atoms with Crippen LogP contribution in [0, 0.1) is 5.82 Å². The normalized spacial score (nSPS) is 23.7. The van der Waals surface area contributed by atoms with Gasteiger partial charge in [-0.25, -0.2) is 4.39 Å². The van der Waals surface area contributed by atoms with E-state index in [0.29, 0.717) is 10.0 Å². The van der Waals surface area contributed by atoms with E-state index in [2.05, 4.69) is 26.6 Å². The molecule has 3 nitrogen and oxygen atoms in total. The fourth-order valence-electron chi connectivity index (χ4n) is 2.18. The third-order valence-corrected chi connectivity index (χ3v) is 3.66. The molecule has 2 rings (SSSR count). The maximum absolute atomic E-state index is 13.2. The summed E-state index contributed by atoms with van der Waals surface area (Å²) in [5, 5.41) is 6.26. The number of benzene rings is 1. The largest absolute Gasteiger partial charge is 0.348 e. The number of nitrogens with one attached hydrogen (secondary N) is 2. The summed E-state index contributed by atoms with van der Waals surface area (Å²) in [4.78, 5) is 12.0. The van der Waals surface area contributed by atoms with Crippen LogP contribution in [-0.4, -0.2) is 24.5 Å². The molecule has 1 amide bonds. The molecule has 2 N–H and O–H groups in total. The van der Waals surface area contributed by atoms with Crippen molar-refractivity contribution in [2.75, 3.05) is 6.54 Å². The van der Waals surface area contributed by atoms with Crippen LogP contribution in [0.25, 0.3) is 0 Å². The van der Waals surface area contributed by atoms with Crippen LogP contribution in [0.15, 0.2) is 22.7 Å². The van der Waals surface area contributed by atoms with Crippen LogP contribution >= 0.6 is 15.9 Å². The van der Waals surface area contributed by atoms with Gasteiger partial charge in [-0.15, -0.1) is 0 Å². The van der Waals surface area contributed by atoms with Crippen molar-refractivity contribution in [3.05, 3.63) is 34.1 Å². The summed E-state index contributed by atoms with van der Waals surface area (Å²) in [6, 6.07) is 4.56. The summed E-state index contributed by atoms with van der Waals surface area (Å²) in [5.74, 6) is -0.639. The topological polar surface area (TPSA) is 41.1 Å². The van der Waals surface area contributed by atoms with Gasteiger partial charge in [0.1, 0.15) is 5.82 Å². The summed E-state index contributed by atoms with van der Waals surface area (Å²) in [7, 11) is 0. The Bertz CT molecular complexity index is 432. The van der Waals surface area contributed by atoms with Gasteiger partial charge in [0, 0.05) is 22.1 Å². The van der Waals surface area contributed by atoms with Crippen LogP contribution in [0.1, 0.15) is 30.1 Å². The molecule has 1 aromatic rings. The third-order valence-electron chi connectivity index (χ3n) is 3.20. The second-order valence-electron chi connectivity index (χ2n) is 4.62. The number of rotatable bonds is 2. The minimum absolute atomic E-state index is 0.105. The summed E-state index contributed by atoms with van der Waals surface area (Å²) >= 11 is 3.19. The van der Waals surface area contributed by atoms with Crippen molar-refractivity contribution in [3.63, 3.8) is 0 Å². The lowest BCUT2D eigenvalue weighted by Gasteiger charge is -2.30. The molecule has 1 aliphatic rings. The average Bonchev–Trinajstić information content (AvgIpc) is 2.31. The molecule has 0 aliphatic carbocycles. The van der Waals surface area contributed by atoms with Gasteiger partial charge in [0.25, 0.3) is 5.91 Å². The molecule has 0 aromatic heterocycles. The van der Waals surface area contributed by atoms with E-state index in [1.165, 1.54) is 12.1 Å². The minimum atomic E-state index is -0.413. The van der Waals surface area contributed by atoms with Gasteiger partial charge in [0.15, 0.2) is 0 Å². The first-order chi connectivity index (χ1) is 8.56. The fraction of sp³-hybridized carbons (Fsp3) is 0.462. The van der Waals surface area contributed by atoms with Crippen molar-refractivity contribution in [1.82, 2.24) is 10.6 Å². The monoisotopic (exact) mass is 314 g/mol. The van der Waals surface area contributed by atoms with E-state index in [9.17, 15) is 9.18 Å². The van der Waals surface area contributed by atoms with Gasteiger partial charge in [-0.3, -0.25) is 4.79 Å². The molecule has 2 atom stereocenters. The smallest absolute Gasteiger partial charge is 0.251 e. The van der Waals surface area contributed by atoms with Gasteiger partial charge in [0.2, 0.25) is 0 Å². The Hall–Kier alpha value is -0.940. The van der Waals surface area contributed by atoms with E-state index in [4.69, 9.17) is 0 Å². The Morgan fingerprint density at radius 1 is 1.50 bits per heavy atom. The Kier molecular flexibility index (Phi) is 4.35. The molecule has 1 fully saturated rings. The molecule has 1 heterocycles. The van der Waals surface area contributed by atoms with Gasteiger partial charge >= 0.3 is 0 Å². The molecule has 18 heavy (non-hydrogen) atoms. The highest BCUT2D eigenvalue weighted by Gasteiger charge is 2.23. The number of carbonyl (C=O) groups is 1. The maximum atomic E-state index is 13.2. The van der Waals surface area contributed by atoms with Crippen LogP contribution in [-0.2, 0) is 0 Å². The zero-order valence-electron chi connectivity index (χ0n) is 10.2. The van der Waals surface area contributed by atoms with E-state index in [1.54, 1.807) is 6.07 Å². The molecule has 0 radical (unpaired) electrons. The Labute approximate surface area is 114 Å². The molecule has 2 unspecified atom stereocenters. The number of piperidine rings is 1. The average molecular weight is 315 g/mol. The SMILES string of the molecule is CC1NCCCC1NC(=O)c1cc(F)cc(Br)c1. The molecular weight excluding hydrogens is 299 g/mol. The first-order valence-corrected chi connectivity index (χ1v) is 6.86.